The molecule has 0 unspecified atom stereocenters. The molecule has 110 valence electrons. The van der Waals surface area contributed by atoms with Gasteiger partial charge in [0.05, 0.1) is 5.56 Å². The summed E-state index contributed by atoms with van der Waals surface area (Å²) in [5, 5.41) is 2.61. The monoisotopic (exact) mass is 282 g/mol. The molecule has 0 saturated carbocycles. The van der Waals surface area contributed by atoms with Crippen molar-refractivity contribution in [1.82, 2.24) is 5.32 Å². The van der Waals surface area contributed by atoms with Crippen molar-refractivity contribution in [2.45, 2.75) is 20.3 Å². The van der Waals surface area contributed by atoms with Crippen LogP contribution >= 0.6 is 0 Å². The molecule has 0 fully saturated rings. The van der Waals surface area contributed by atoms with Crippen LogP contribution in [0, 0.1) is 11.7 Å². The lowest BCUT2D eigenvalue weighted by Gasteiger charge is -2.08. The van der Waals surface area contributed by atoms with Crippen molar-refractivity contribution in [3.05, 3.63) is 29.6 Å². The Morgan fingerprint density at radius 2 is 2.10 bits per heavy atom. The van der Waals surface area contributed by atoms with Crippen molar-refractivity contribution in [1.29, 1.82) is 0 Å². The van der Waals surface area contributed by atoms with Gasteiger partial charge in [-0.3, -0.25) is 4.79 Å². The van der Waals surface area contributed by atoms with E-state index in [4.69, 9.17) is 10.5 Å². The summed E-state index contributed by atoms with van der Waals surface area (Å²) in [6.45, 7) is 4.16. The fourth-order valence-electron chi connectivity index (χ4n) is 1.46. The molecule has 0 atom stereocenters. The minimum atomic E-state index is -0.887. The Balaban J connectivity index is 2.41. The van der Waals surface area contributed by atoms with Crippen molar-refractivity contribution in [3.63, 3.8) is 0 Å². The van der Waals surface area contributed by atoms with Gasteiger partial charge in [0.1, 0.15) is 5.82 Å². The van der Waals surface area contributed by atoms with Gasteiger partial charge in [-0.25, -0.2) is 9.18 Å². The third-order valence-electron chi connectivity index (χ3n) is 2.59. The highest BCUT2D eigenvalue weighted by Crippen LogP contribution is 2.12. The number of hydrogen-bond donors (Lipinski definition) is 2. The standard InChI is InChI=1S/C14H19FN2O3/c1-9(2)5-6-17-13(18)8-20-14(19)11-4-3-10(16)7-12(11)15/h3-4,7,9H,5-6,8,16H2,1-2H3,(H,17,18). The van der Waals surface area contributed by atoms with Crippen LogP contribution in [0.4, 0.5) is 10.1 Å². The van der Waals surface area contributed by atoms with E-state index in [1.54, 1.807) is 0 Å². The van der Waals surface area contributed by atoms with E-state index in [0.717, 1.165) is 12.5 Å². The Kier molecular flexibility index (Phi) is 5.96. The van der Waals surface area contributed by atoms with Gasteiger partial charge in [0.25, 0.3) is 5.91 Å². The molecular formula is C14H19FN2O3. The molecule has 3 N–H and O–H groups in total. The van der Waals surface area contributed by atoms with Gasteiger partial charge >= 0.3 is 5.97 Å². The summed E-state index contributed by atoms with van der Waals surface area (Å²) >= 11 is 0. The molecule has 1 amide bonds. The number of nitrogens with two attached hydrogens (primary N) is 1. The molecule has 0 aliphatic carbocycles. The molecule has 0 aliphatic rings. The Morgan fingerprint density at radius 1 is 1.40 bits per heavy atom. The van der Waals surface area contributed by atoms with E-state index in [2.05, 4.69) is 5.32 Å². The van der Waals surface area contributed by atoms with Gasteiger partial charge in [-0.2, -0.15) is 0 Å². The first-order chi connectivity index (χ1) is 9.40. The minimum absolute atomic E-state index is 0.213. The lowest BCUT2D eigenvalue weighted by molar-refractivity contribution is -0.124. The quantitative estimate of drug-likeness (QED) is 0.615. The number of ether oxygens (including phenoxy) is 1. The number of nitrogen functional groups attached to an aromatic ring is 1. The molecule has 1 aromatic carbocycles. The maximum atomic E-state index is 13.4. The summed E-state index contributed by atoms with van der Waals surface area (Å²) in [4.78, 5) is 23.0. The fourth-order valence-corrected chi connectivity index (χ4v) is 1.46. The highest BCUT2D eigenvalue weighted by molar-refractivity contribution is 5.91. The smallest absolute Gasteiger partial charge is 0.341 e. The number of benzene rings is 1. The van der Waals surface area contributed by atoms with Crippen LogP contribution in [0.3, 0.4) is 0 Å². The zero-order valence-electron chi connectivity index (χ0n) is 11.6. The lowest BCUT2D eigenvalue weighted by atomic mass is 10.1. The molecule has 0 radical (unpaired) electrons. The number of carbonyl (C=O) groups is 2. The Hall–Kier alpha value is -2.11. The number of nitrogens with one attached hydrogen (secondary N) is 1. The largest absolute Gasteiger partial charge is 0.452 e. The van der Waals surface area contributed by atoms with Crippen molar-refractivity contribution in [2.24, 2.45) is 5.92 Å². The van der Waals surface area contributed by atoms with Crippen LogP contribution in [0.15, 0.2) is 18.2 Å². The van der Waals surface area contributed by atoms with Crippen molar-refractivity contribution >= 4 is 17.6 Å². The van der Waals surface area contributed by atoms with Gasteiger partial charge in [-0.15, -0.1) is 0 Å². The summed E-state index contributed by atoms with van der Waals surface area (Å²) < 4.78 is 18.2. The number of carbonyl (C=O) groups excluding carboxylic acids is 2. The zero-order chi connectivity index (χ0) is 15.1. The highest BCUT2D eigenvalue weighted by Gasteiger charge is 2.14. The Bertz CT molecular complexity index is 489. The predicted molar refractivity (Wildman–Crippen MR) is 73.6 cm³/mol. The topological polar surface area (TPSA) is 81.4 Å². The van der Waals surface area contributed by atoms with Gasteiger partial charge in [-0.05, 0) is 30.5 Å². The van der Waals surface area contributed by atoms with Crippen LogP contribution < -0.4 is 11.1 Å². The minimum Gasteiger partial charge on any atom is -0.452 e. The Labute approximate surface area is 117 Å². The molecule has 1 aromatic rings. The number of hydrogen-bond acceptors (Lipinski definition) is 4. The first-order valence-corrected chi connectivity index (χ1v) is 6.39. The summed E-state index contributed by atoms with van der Waals surface area (Å²) in [7, 11) is 0. The first kappa shape index (κ1) is 15.9. The Morgan fingerprint density at radius 3 is 2.70 bits per heavy atom. The average molecular weight is 282 g/mol. The van der Waals surface area contributed by atoms with Gasteiger partial charge in [-0.1, -0.05) is 13.8 Å². The molecule has 0 bridgehead atoms. The molecule has 6 heteroatoms. The third-order valence-corrected chi connectivity index (χ3v) is 2.59. The van der Waals surface area contributed by atoms with Crippen LogP contribution in [0.5, 0.6) is 0 Å². The molecule has 0 saturated heterocycles. The highest BCUT2D eigenvalue weighted by atomic mass is 19.1. The summed E-state index contributed by atoms with van der Waals surface area (Å²) in [6.07, 6.45) is 0.840. The van der Waals surface area contributed by atoms with E-state index < -0.39 is 24.3 Å². The van der Waals surface area contributed by atoms with Crippen LogP contribution in [-0.2, 0) is 9.53 Å². The molecule has 0 spiro atoms. The molecule has 1 rings (SSSR count). The fraction of sp³-hybridized carbons (Fsp3) is 0.429. The van der Waals surface area contributed by atoms with Gasteiger partial charge in [0.2, 0.25) is 0 Å². The second-order valence-electron chi connectivity index (χ2n) is 4.85. The second kappa shape index (κ2) is 7.47. The summed E-state index contributed by atoms with van der Waals surface area (Å²) in [5.74, 6) is -1.59. The normalized spacial score (nSPS) is 10.4. The number of esters is 1. The van der Waals surface area contributed by atoms with E-state index in [9.17, 15) is 14.0 Å². The third kappa shape index (κ3) is 5.26. The molecule has 0 heterocycles. The molecule has 0 aliphatic heterocycles. The van der Waals surface area contributed by atoms with Crippen molar-refractivity contribution in [2.75, 3.05) is 18.9 Å². The van der Waals surface area contributed by atoms with Crippen LogP contribution in [-0.4, -0.2) is 25.0 Å². The van der Waals surface area contributed by atoms with Crippen molar-refractivity contribution < 1.29 is 18.7 Å². The van der Waals surface area contributed by atoms with E-state index in [-0.39, 0.29) is 11.3 Å². The van der Waals surface area contributed by atoms with E-state index in [1.165, 1.54) is 12.1 Å². The van der Waals surface area contributed by atoms with Crippen LogP contribution in [0.25, 0.3) is 0 Å². The van der Waals surface area contributed by atoms with E-state index in [0.29, 0.717) is 12.5 Å². The molecular weight excluding hydrogens is 263 g/mol. The number of anilines is 1. The number of amides is 1. The van der Waals surface area contributed by atoms with E-state index >= 15 is 0 Å². The first-order valence-electron chi connectivity index (χ1n) is 6.39. The lowest BCUT2D eigenvalue weighted by Crippen LogP contribution is -2.30. The van der Waals surface area contributed by atoms with Gasteiger partial charge in [0.15, 0.2) is 6.61 Å². The molecule has 5 nitrogen and oxygen atoms in total. The molecule has 0 aromatic heterocycles. The number of halogens is 1. The summed E-state index contributed by atoms with van der Waals surface area (Å²) in [6, 6.07) is 3.64. The second-order valence-corrected chi connectivity index (χ2v) is 4.85. The maximum Gasteiger partial charge on any atom is 0.341 e. The van der Waals surface area contributed by atoms with Gasteiger partial charge in [0, 0.05) is 12.2 Å². The predicted octanol–water partition coefficient (Wildman–Crippen LogP) is 1.73. The number of rotatable bonds is 6. The molecule has 20 heavy (non-hydrogen) atoms. The van der Waals surface area contributed by atoms with Crippen LogP contribution in [0.2, 0.25) is 0 Å². The average Bonchev–Trinajstić information content (AvgIpc) is 2.35. The van der Waals surface area contributed by atoms with Crippen LogP contribution in [0.1, 0.15) is 30.6 Å². The maximum absolute atomic E-state index is 13.4. The summed E-state index contributed by atoms with van der Waals surface area (Å²) in [5.41, 5.74) is 5.34. The SMILES string of the molecule is CC(C)CCNC(=O)COC(=O)c1ccc(N)cc1F. The van der Waals surface area contributed by atoms with Crippen molar-refractivity contribution in [3.8, 4) is 0 Å². The van der Waals surface area contributed by atoms with Gasteiger partial charge < -0.3 is 15.8 Å². The zero-order valence-corrected chi connectivity index (χ0v) is 11.6. The van der Waals surface area contributed by atoms with E-state index in [1.807, 2.05) is 13.8 Å².